The van der Waals surface area contributed by atoms with Gasteiger partial charge in [-0.3, -0.25) is 9.59 Å². The Labute approximate surface area is 113 Å². The number of piperidine rings is 1. The van der Waals surface area contributed by atoms with Gasteiger partial charge in [-0.2, -0.15) is 0 Å². The van der Waals surface area contributed by atoms with Gasteiger partial charge < -0.3 is 20.6 Å². The van der Waals surface area contributed by atoms with E-state index in [4.69, 9.17) is 0 Å². The molecule has 19 heavy (non-hydrogen) atoms. The third kappa shape index (κ3) is 4.18. The molecule has 2 heterocycles. The van der Waals surface area contributed by atoms with E-state index in [1.807, 2.05) is 4.90 Å². The minimum atomic E-state index is -0.439. The molecule has 0 bridgehead atoms. The number of aliphatic hydroxyl groups is 1. The fraction of sp³-hybridized carbons (Fsp3) is 0.846. The Morgan fingerprint density at radius 3 is 2.63 bits per heavy atom. The van der Waals surface area contributed by atoms with Gasteiger partial charge in [0.25, 0.3) is 0 Å². The Morgan fingerprint density at radius 2 is 2.00 bits per heavy atom. The molecule has 6 heteroatoms. The van der Waals surface area contributed by atoms with E-state index in [9.17, 15) is 14.7 Å². The fourth-order valence-corrected chi connectivity index (χ4v) is 2.63. The average molecular weight is 269 g/mol. The molecule has 0 aromatic rings. The third-order valence-electron chi connectivity index (χ3n) is 3.77. The summed E-state index contributed by atoms with van der Waals surface area (Å²) in [5.74, 6) is 0.00223. The van der Waals surface area contributed by atoms with Crippen molar-refractivity contribution in [3.63, 3.8) is 0 Å². The van der Waals surface area contributed by atoms with Crippen LogP contribution in [-0.2, 0) is 9.59 Å². The zero-order valence-corrected chi connectivity index (χ0v) is 11.2. The molecule has 3 N–H and O–H groups in total. The number of carbonyl (C=O) groups is 2. The highest BCUT2D eigenvalue weighted by molar-refractivity contribution is 5.83. The van der Waals surface area contributed by atoms with E-state index in [0.717, 1.165) is 25.9 Å². The summed E-state index contributed by atoms with van der Waals surface area (Å²) in [6, 6.07) is -0.319. The number of nitrogens with zero attached hydrogens (tertiary/aromatic N) is 1. The number of β-amino-alcohol motifs (C(OH)–C–C–N with tert-alkyl or cyclic N) is 1. The van der Waals surface area contributed by atoms with Crippen LogP contribution >= 0.6 is 0 Å². The van der Waals surface area contributed by atoms with Gasteiger partial charge in [0.05, 0.1) is 12.1 Å². The molecule has 0 aromatic carbocycles. The molecular formula is C13H23N3O3. The van der Waals surface area contributed by atoms with Crippen molar-refractivity contribution in [2.24, 2.45) is 0 Å². The molecule has 2 unspecified atom stereocenters. The maximum absolute atomic E-state index is 11.9. The van der Waals surface area contributed by atoms with E-state index in [-0.39, 0.29) is 17.9 Å². The minimum Gasteiger partial charge on any atom is -0.392 e. The molecule has 0 radical (unpaired) electrons. The van der Waals surface area contributed by atoms with Crippen LogP contribution in [0.5, 0.6) is 0 Å². The van der Waals surface area contributed by atoms with Gasteiger partial charge in [0.15, 0.2) is 0 Å². The second-order valence-corrected chi connectivity index (χ2v) is 5.33. The number of likely N-dealkylation sites (tertiary alicyclic amines) is 1. The lowest BCUT2D eigenvalue weighted by atomic mass is 10.1. The van der Waals surface area contributed by atoms with Gasteiger partial charge >= 0.3 is 0 Å². The second kappa shape index (κ2) is 6.86. The van der Waals surface area contributed by atoms with Crippen LogP contribution in [0.25, 0.3) is 0 Å². The molecule has 108 valence electrons. The largest absolute Gasteiger partial charge is 0.392 e. The Bertz CT molecular complexity index is 312. The second-order valence-electron chi connectivity index (χ2n) is 5.33. The van der Waals surface area contributed by atoms with Crippen molar-refractivity contribution in [2.75, 3.05) is 26.2 Å². The summed E-state index contributed by atoms with van der Waals surface area (Å²) in [4.78, 5) is 25.5. The Hall–Kier alpha value is -1.14. The Morgan fingerprint density at radius 1 is 1.26 bits per heavy atom. The molecule has 0 spiro atoms. The van der Waals surface area contributed by atoms with E-state index >= 15 is 0 Å². The predicted octanol–water partition coefficient (Wildman–Crippen LogP) is -0.772. The van der Waals surface area contributed by atoms with Crippen molar-refractivity contribution >= 4 is 11.8 Å². The number of hydrogen-bond acceptors (Lipinski definition) is 4. The standard InChI is InChI=1S/C13H23N3O3/c17-10-8-11(15-9-10)13(19)14-5-4-12(18)16-6-2-1-3-7-16/h10-11,15,17H,1-9H2,(H,14,19). The summed E-state index contributed by atoms with van der Waals surface area (Å²) >= 11 is 0. The van der Waals surface area contributed by atoms with E-state index in [1.165, 1.54) is 6.42 Å². The van der Waals surface area contributed by atoms with E-state index < -0.39 is 6.10 Å². The maximum atomic E-state index is 11.9. The zero-order valence-electron chi connectivity index (χ0n) is 11.2. The number of nitrogens with one attached hydrogen (secondary N) is 2. The summed E-state index contributed by atoms with van der Waals surface area (Å²) in [5.41, 5.74) is 0. The number of carbonyl (C=O) groups excluding carboxylic acids is 2. The summed E-state index contributed by atoms with van der Waals surface area (Å²) in [5, 5.41) is 15.0. The van der Waals surface area contributed by atoms with Crippen molar-refractivity contribution in [3.8, 4) is 0 Å². The first-order valence-electron chi connectivity index (χ1n) is 7.14. The summed E-state index contributed by atoms with van der Waals surface area (Å²) in [7, 11) is 0. The zero-order chi connectivity index (χ0) is 13.7. The molecular weight excluding hydrogens is 246 g/mol. The number of aliphatic hydroxyl groups excluding tert-OH is 1. The van der Waals surface area contributed by atoms with Crippen LogP contribution in [0.15, 0.2) is 0 Å². The lowest BCUT2D eigenvalue weighted by molar-refractivity contribution is -0.132. The third-order valence-corrected chi connectivity index (χ3v) is 3.77. The quantitative estimate of drug-likeness (QED) is 0.626. The molecule has 2 saturated heterocycles. The van der Waals surface area contributed by atoms with Gasteiger partial charge in [-0.05, 0) is 25.7 Å². The highest BCUT2D eigenvalue weighted by Crippen LogP contribution is 2.10. The molecule has 2 rings (SSSR count). The average Bonchev–Trinajstić information content (AvgIpc) is 2.86. The first-order valence-corrected chi connectivity index (χ1v) is 7.14. The van der Waals surface area contributed by atoms with Crippen LogP contribution in [0.3, 0.4) is 0 Å². The van der Waals surface area contributed by atoms with Crippen LogP contribution in [0.1, 0.15) is 32.1 Å². The molecule has 0 aromatic heterocycles. The van der Waals surface area contributed by atoms with Gasteiger partial charge in [0.1, 0.15) is 0 Å². The minimum absolute atomic E-state index is 0.122. The highest BCUT2D eigenvalue weighted by atomic mass is 16.3. The van der Waals surface area contributed by atoms with Crippen LogP contribution in [0, 0.1) is 0 Å². The fourth-order valence-electron chi connectivity index (χ4n) is 2.63. The smallest absolute Gasteiger partial charge is 0.237 e. The Balaban J connectivity index is 1.62. The van der Waals surface area contributed by atoms with Gasteiger partial charge in [0, 0.05) is 32.6 Å². The molecule has 0 aliphatic carbocycles. The van der Waals surface area contributed by atoms with E-state index in [0.29, 0.717) is 25.9 Å². The van der Waals surface area contributed by atoms with Gasteiger partial charge in [-0.1, -0.05) is 0 Å². The molecule has 2 atom stereocenters. The topological polar surface area (TPSA) is 81.7 Å². The lowest BCUT2D eigenvalue weighted by Gasteiger charge is -2.26. The van der Waals surface area contributed by atoms with Gasteiger partial charge in [-0.15, -0.1) is 0 Å². The van der Waals surface area contributed by atoms with E-state index in [1.54, 1.807) is 0 Å². The number of hydrogen-bond donors (Lipinski definition) is 3. The summed E-state index contributed by atoms with van der Waals surface area (Å²) in [6.45, 7) is 2.54. The molecule has 2 amide bonds. The van der Waals surface area contributed by atoms with Crippen LogP contribution in [0.4, 0.5) is 0 Å². The van der Waals surface area contributed by atoms with Crippen LogP contribution < -0.4 is 10.6 Å². The van der Waals surface area contributed by atoms with E-state index in [2.05, 4.69) is 10.6 Å². The Kier molecular flexibility index (Phi) is 5.15. The lowest BCUT2D eigenvalue weighted by Crippen LogP contribution is -2.42. The normalized spacial score (nSPS) is 27.3. The van der Waals surface area contributed by atoms with Crippen molar-refractivity contribution in [2.45, 2.75) is 44.2 Å². The van der Waals surface area contributed by atoms with Crippen LogP contribution in [0.2, 0.25) is 0 Å². The molecule has 2 fully saturated rings. The highest BCUT2D eigenvalue weighted by Gasteiger charge is 2.27. The van der Waals surface area contributed by atoms with Crippen LogP contribution in [-0.4, -0.2) is 60.1 Å². The predicted molar refractivity (Wildman–Crippen MR) is 70.5 cm³/mol. The van der Waals surface area contributed by atoms with Gasteiger partial charge in [-0.25, -0.2) is 0 Å². The monoisotopic (exact) mass is 269 g/mol. The molecule has 0 saturated carbocycles. The molecule has 6 nitrogen and oxygen atoms in total. The first-order chi connectivity index (χ1) is 9.16. The first kappa shape index (κ1) is 14.3. The summed E-state index contributed by atoms with van der Waals surface area (Å²) < 4.78 is 0. The number of amides is 2. The number of rotatable bonds is 4. The SMILES string of the molecule is O=C(NCCC(=O)N1CCCCC1)C1CC(O)CN1. The van der Waals surface area contributed by atoms with Crippen molar-refractivity contribution in [3.05, 3.63) is 0 Å². The molecule has 2 aliphatic heterocycles. The van der Waals surface area contributed by atoms with Crippen molar-refractivity contribution < 1.29 is 14.7 Å². The summed E-state index contributed by atoms with van der Waals surface area (Å²) in [6.07, 6.45) is 3.75. The van der Waals surface area contributed by atoms with Gasteiger partial charge in [0.2, 0.25) is 11.8 Å². The maximum Gasteiger partial charge on any atom is 0.237 e. The molecule has 2 aliphatic rings. The van der Waals surface area contributed by atoms with Crippen molar-refractivity contribution in [1.82, 2.24) is 15.5 Å². The van der Waals surface area contributed by atoms with Crippen molar-refractivity contribution in [1.29, 1.82) is 0 Å².